The van der Waals surface area contributed by atoms with Gasteiger partial charge in [0.05, 0.1) is 0 Å². The Hall–Kier alpha value is -2.55. The number of esters is 1. The lowest BCUT2D eigenvalue weighted by Crippen LogP contribution is -2.18. The monoisotopic (exact) mass is 394 g/mol. The Morgan fingerprint density at radius 2 is 1.66 bits per heavy atom. The first kappa shape index (κ1) is 22.7. The number of carbonyl (C=O) groups excluding carboxylic acids is 1. The molecule has 0 amide bonds. The maximum Gasteiger partial charge on any atom is 0.335 e. The third-order valence-electron chi connectivity index (χ3n) is 5.29. The minimum absolute atomic E-state index is 0.0626. The highest BCUT2D eigenvalue weighted by molar-refractivity contribution is 5.83. The summed E-state index contributed by atoms with van der Waals surface area (Å²) in [5, 5.41) is 11.2. The maximum absolute atomic E-state index is 11.8. The number of hydrogen-bond acceptors (Lipinski definition) is 3. The lowest BCUT2D eigenvalue weighted by atomic mass is 9.76. The number of phenols is 1. The van der Waals surface area contributed by atoms with Gasteiger partial charge in [0.1, 0.15) is 11.5 Å². The summed E-state index contributed by atoms with van der Waals surface area (Å²) < 4.78 is 5.49. The van der Waals surface area contributed by atoms with Gasteiger partial charge in [-0.05, 0) is 34.9 Å². The van der Waals surface area contributed by atoms with Gasteiger partial charge in [0.25, 0.3) is 0 Å². The fraction of sp³-hybridized carbons (Fsp3) is 0.423. The molecule has 29 heavy (non-hydrogen) atoms. The smallest absolute Gasteiger partial charge is 0.335 e. The summed E-state index contributed by atoms with van der Waals surface area (Å²) in [4.78, 5) is 11.8. The van der Waals surface area contributed by atoms with Crippen molar-refractivity contribution in [3.63, 3.8) is 0 Å². The average Bonchev–Trinajstić information content (AvgIpc) is 2.60. The molecule has 0 aliphatic rings. The van der Waals surface area contributed by atoms with Crippen LogP contribution in [0.3, 0.4) is 0 Å². The largest absolute Gasteiger partial charge is 0.507 e. The van der Waals surface area contributed by atoms with E-state index in [1.807, 2.05) is 26.0 Å². The van der Waals surface area contributed by atoms with Crippen LogP contribution in [-0.2, 0) is 15.6 Å². The van der Waals surface area contributed by atoms with Gasteiger partial charge in [0.2, 0.25) is 0 Å². The Labute approximate surface area is 175 Å². The molecule has 0 radical (unpaired) electrons. The van der Waals surface area contributed by atoms with Crippen molar-refractivity contribution in [2.75, 3.05) is 0 Å². The van der Waals surface area contributed by atoms with Gasteiger partial charge in [-0.3, -0.25) is 0 Å². The van der Waals surface area contributed by atoms with Gasteiger partial charge < -0.3 is 9.84 Å². The molecule has 0 aromatic heterocycles. The summed E-state index contributed by atoms with van der Waals surface area (Å²) >= 11 is 0. The van der Waals surface area contributed by atoms with E-state index < -0.39 is 5.97 Å². The normalized spacial score (nSPS) is 13.1. The SMILES string of the molecule is C=CC(=O)Oc1ccc(C)cc1C(C)c1cc(C(C)(C)C)cc(C(C)(C)C)c1O. The standard InChI is InChI=1S/C26H34O3/c1-10-23(27)29-22-12-11-16(2)13-19(22)17(3)20-14-18(25(4,5)6)15-21(24(20)28)26(7,8)9/h10-15,17,28H,1H2,2-9H3. The second kappa shape index (κ2) is 8.06. The molecule has 156 valence electrons. The molecule has 1 atom stereocenters. The summed E-state index contributed by atoms with van der Waals surface area (Å²) in [7, 11) is 0. The van der Waals surface area contributed by atoms with Crippen molar-refractivity contribution in [1.82, 2.24) is 0 Å². The van der Waals surface area contributed by atoms with Crippen molar-refractivity contribution >= 4 is 5.97 Å². The third kappa shape index (κ3) is 5.09. The van der Waals surface area contributed by atoms with Gasteiger partial charge in [-0.1, -0.05) is 84.9 Å². The molecule has 0 aliphatic carbocycles. The molecule has 0 heterocycles. The van der Waals surface area contributed by atoms with E-state index in [1.54, 1.807) is 6.07 Å². The zero-order valence-corrected chi connectivity index (χ0v) is 19.0. The first-order chi connectivity index (χ1) is 13.3. The highest BCUT2D eigenvalue weighted by atomic mass is 16.5. The van der Waals surface area contributed by atoms with Crippen molar-refractivity contribution in [3.05, 3.63) is 70.8 Å². The van der Waals surface area contributed by atoms with E-state index >= 15 is 0 Å². The van der Waals surface area contributed by atoms with Gasteiger partial charge in [-0.25, -0.2) is 4.79 Å². The Morgan fingerprint density at radius 1 is 1.03 bits per heavy atom. The molecular formula is C26H34O3. The molecule has 0 saturated heterocycles. The van der Waals surface area contributed by atoms with Gasteiger partial charge >= 0.3 is 5.97 Å². The van der Waals surface area contributed by atoms with E-state index in [0.29, 0.717) is 11.5 Å². The van der Waals surface area contributed by atoms with Crippen LogP contribution in [0.25, 0.3) is 0 Å². The van der Waals surface area contributed by atoms with Crippen LogP contribution < -0.4 is 4.74 Å². The maximum atomic E-state index is 11.8. The second-order valence-corrected chi connectivity index (χ2v) is 9.85. The van der Waals surface area contributed by atoms with E-state index in [1.165, 1.54) is 5.56 Å². The Bertz CT molecular complexity index is 924. The van der Waals surface area contributed by atoms with Crippen LogP contribution in [-0.4, -0.2) is 11.1 Å². The zero-order chi connectivity index (χ0) is 22.1. The van der Waals surface area contributed by atoms with E-state index in [-0.39, 0.29) is 16.7 Å². The summed E-state index contributed by atoms with van der Waals surface area (Å²) in [6, 6.07) is 9.92. The molecule has 2 aromatic rings. The first-order valence-corrected chi connectivity index (χ1v) is 10.1. The number of hydrogen-bond donors (Lipinski definition) is 1. The quantitative estimate of drug-likeness (QED) is 0.364. The molecule has 0 fully saturated rings. The summed E-state index contributed by atoms with van der Waals surface area (Å²) in [5.41, 5.74) is 4.58. The average molecular weight is 395 g/mol. The van der Waals surface area contributed by atoms with Crippen LogP contribution in [0.5, 0.6) is 11.5 Å². The highest BCUT2D eigenvalue weighted by Gasteiger charge is 2.28. The zero-order valence-electron chi connectivity index (χ0n) is 19.0. The van der Waals surface area contributed by atoms with Gasteiger partial charge in [0.15, 0.2) is 0 Å². The van der Waals surface area contributed by atoms with Crippen molar-refractivity contribution < 1.29 is 14.6 Å². The van der Waals surface area contributed by atoms with Crippen LogP contribution in [0.15, 0.2) is 43.0 Å². The number of carbonyl (C=O) groups is 1. The van der Waals surface area contributed by atoms with Crippen LogP contribution >= 0.6 is 0 Å². The van der Waals surface area contributed by atoms with Crippen molar-refractivity contribution in [2.45, 2.75) is 72.1 Å². The molecule has 2 aromatic carbocycles. The van der Waals surface area contributed by atoms with Crippen LogP contribution in [0.1, 0.15) is 82.2 Å². The molecule has 3 heteroatoms. The molecule has 0 spiro atoms. The predicted octanol–water partition coefficient (Wildman–Crippen LogP) is 6.54. The summed E-state index contributed by atoms with van der Waals surface area (Å²) in [6.07, 6.45) is 1.16. The highest BCUT2D eigenvalue weighted by Crippen LogP contribution is 2.43. The number of benzene rings is 2. The van der Waals surface area contributed by atoms with E-state index in [4.69, 9.17) is 4.74 Å². The topological polar surface area (TPSA) is 46.5 Å². The Morgan fingerprint density at radius 3 is 2.17 bits per heavy atom. The van der Waals surface area contributed by atoms with Crippen molar-refractivity contribution in [3.8, 4) is 11.5 Å². The molecule has 0 aliphatic heterocycles. The molecule has 1 N–H and O–H groups in total. The summed E-state index contributed by atoms with van der Waals surface area (Å²) in [5.74, 6) is 0.141. The predicted molar refractivity (Wildman–Crippen MR) is 120 cm³/mol. The van der Waals surface area contributed by atoms with Crippen LogP contribution in [0.4, 0.5) is 0 Å². The number of aromatic hydroxyl groups is 1. The Balaban J connectivity index is 2.73. The minimum atomic E-state index is -0.495. The molecule has 2 rings (SSSR count). The van der Waals surface area contributed by atoms with Gasteiger partial charge in [-0.15, -0.1) is 0 Å². The fourth-order valence-electron chi connectivity index (χ4n) is 3.41. The fourth-order valence-corrected chi connectivity index (χ4v) is 3.41. The number of rotatable bonds is 4. The molecule has 3 nitrogen and oxygen atoms in total. The van der Waals surface area contributed by atoms with E-state index in [0.717, 1.165) is 28.3 Å². The lowest BCUT2D eigenvalue weighted by molar-refractivity contribution is -0.129. The van der Waals surface area contributed by atoms with Gasteiger partial charge in [0, 0.05) is 23.1 Å². The van der Waals surface area contributed by atoms with Gasteiger partial charge in [-0.2, -0.15) is 0 Å². The minimum Gasteiger partial charge on any atom is -0.507 e. The molecule has 0 saturated carbocycles. The molecule has 0 bridgehead atoms. The third-order valence-corrected chi connectivity index (χ3v) is 5.29. The van der Waals surface area contributed by atoms with Crippen LogP contribution in [0, 0.1) is 6.92 Å². The number of ether oxygens (including phenoxy) is 1. The lowest BCUT2D eigenvalue weighted by Gasteiger charge is -2.29. The Kier molecular flexibility index (Phi) is 6.32. The summed E-state index contributed by atoms with van der Waals surface area (Å²) in [6.45, 7) is 20.3. The second-order valence-electron chi connectivity index (χ2n) is 9.85. The van der Waals surface area contributed by atoms with Crippen molar-refractivity contribution in [2.24, 2.45) is 0 Å². The van der Waals surface area contributed by atoms with Crippen LogP contribution in [0.2, 0.25) is 0 Å². The number of phenolic OH excluding ortho intramolecular Hbond substituents is 1. The van der Waals surface area contributed by atoms with Crippen molar-refractivity contribution in [1.29, 1.82) is 0 Å². The first-order valence-electron chi connectivity index (χ1n) is 10.1. The number of aryl methyl sites for hydroxylation is 1. The van der Waals surface area contributed by atoms with E-state index in [2.05, 4.69) is 60.3 Å². The van der Waals surface area contributed by atoms with E-state index in [9.17, 15) is 9.90 Å². The molecule has 1 unspecified atom stereocenters. The molecular weight excluding hydrogens is 360 g/mol.